The lowest BCUT2D eigenvalue weighted by atomic mass is 9.73. The van der Waals surface area contributed by atoms with Crippen LogP contribution in [-0.4, -0.2) is 0 Å². The van der Waals surface area contributed by atoms with Gasteiger partial charge >= 0.3 is 0 Å². The maximum atomic E-state index is 6.72. The minimum atomic E-state index is -0.308. The molecular formula is C44H29NOS. The van der Waals surface area contributed by atoms with Crippen molar-refractivity contribution in [3.05, 3.63) is 174 Å². The second-order valence-electron chi connectivity index (χ2n) is 12.6. The van der Waals surface area contributed by atoms with E-state index in [1.807, 2.05) is 11.3 Å². The van der Waals surface area contributed by atoms with Crippen LogP contribution in [0, 0.1) is 0 Å². The first-order chi connectivity index (χ1) is 23.2. The molecular weight excluding hydrogens is 591 g/mol. The van der Waals surface area contributed by atoms with E-state index in [1.165, 1.54) is 53.4 Å². The molecule has 0 N–H and O–H groups in total. The number of hydrogen-bond donors (Lipinski definition) is 0. The van der Waals surface area contributed by atoms with E-state index in [-0.39, 0.29) is 5.41 Å². The molecule has 3 heteroatoms. The van der Waals surface area contributed by atoms with Gasteiger partial charge in [0.2, 0.25) is 0 Å². The predicted octanol–water partition coefficient (Wildman–Crippen LogP) is 12.8. The molecule has 0 saturated heterocycles. The molecule has 2 aromatic heterocycles. The normalized spacial score (nSPS) is 13.4. The van der Waals surface area contributed by atoms with Gasteiger partial charge in [-0.2, -0.15) is 0 Å². The third-order valence-electron chi connectivity index (χ3n) is 10.1. The summed E-state index contributed by atoms with van der Waals surface area (Å²) in [5.41, 5.74) is 11.4. The van der Waals surface area contributed by atoms with E-state index in [9.17, 15) is 0 Å². The minimum absolute atomic E-state index is 0.308. The van der Waals surface area contributed by atoms with Gasteiger partial charge in [-0.3, -0.25) is 0 Å². The number of hydrogen-bond acceptors (Lipinski definition) is 3. The Morgan fingerprint density at radius 1 is 0.468 bits per heavy atom. The van der Waals surface area contributed by atoms with E-state index in [2.05, 4.69) is 170 Å². The van der Waals surface area contributed by atoms with Crippen LogP contribution in [0.2, 0.25) is 0 Å². The van der Waals surface area contributed by atoms with Gasteiger partial charge in [-0.15, -0.1) is 11.3 Å². The Morgan fingerprint density at radius 3 is 1.87 bits per heavy atom. The predicted molar refractivity (Wildman–Crippen MR) is 199 cm³/mol. The third kappa shape index (κ3) is 3.78. The van der Waals surface area contributed by atoms with E-state index < -0.39 is 0 Å². The molecule has 10 rings (SSSR count). The summed E-state index contributed by atoms with van der Waals surface area (Å²) in [5, 5.41) is 4.92. The molecule has 0 atom stereocenters. The van der Waals surface area contributed by atoms with Crippen LogP contribution in [0.5, 0.6) is 0 Å². The second-order valence-corrected chi connectivity index (χ2v) is 13.7. The minimum Gasteiger partial charge on any atom is -0.456 e. The lowest BCUT2D eigenvalue weighted by Gasteiger charge is -2.29. The third-order valence-corrected chi connectivity index (χ3v) is 11.3. The quantitative estimate of drug-likeness (QED) is 0.195. The van der Waals surface area contributed by atoms with E-state index in [0.717, 1.165) is 33.6 Å². The number of fused-ring (bicyclic) bond motifs is 9. The first kappa shape index (κ1) is 26.6. The Morgan fingerprint density at radius 2 is 1.09 bits per heavy atom. The van der Waals surface area contributed by atoms with Crippen molar-refractivity contribution in [2.24, 2.45) is 0 Å². The largest absolute Gasteiger partial charge is 0.456 e. The summed E-state index contributed by atoms with van der Waals surface area (Å²) >= 11 is 1.85. The van der Waals surface area contributed by atoms with E-state index in [1.54, 1.807) is 0 Å². The highest BCUT2D eigenvalue weighted by molar-refractivity contribution is 7.25. The average molecular weight is 620 g/mol. The number of para-hydroxylation sites is 1. The first-order valence-electron chi connectivity index (χ1n) is 16.1. The maximum absolute atomic E-state index is 6.72. The fourth-order valence-electron chi connectivity index (χ4n) is 7.99. The molecule has 0 spiro atoms. The van der Waals surface area contributed by atoms with Gasteiger partial charge in [0, 0.05) is 59.5 Å². The Labute approximate surface area is 276 Å². The van der Waals surface area contributed by atoms with Crippen molar-refractivity contribution in [2.45, 2.75) is 12.3 Å². The molecule has 0 bridgehead atoms. The molecule has 0 radical (unpaired) electrons. The lowest BCUT2D eigenvalue weighted by molar-refractivity contribution is 0.666. The molecule has 9 aromatic rings. The Kier molecular flexibility index (Phi) is 5.61. The Balaban J connectivity index is 1.17. The molecule has 0 saturated carbocycles. The highest BCUT2D eigenvalue weighted by atomic mass is 32.1. The summed E-state index contributed by atoms with van der Waals surface area (Å²) in [6.45, 7) is 2.38. The number of nitrogens with zero attached hydrogens (tertiary/aromatic N) is 1. The molecule has 1 aliphatic rings. The fourth-order valence-corrected chi connectivity index (χ4v) is 9.13. The smallest absolute Gasteiger partial charge is 0.137 e. The lowest BCUT2D eigenvalue weighted by Crippen LogP contribution is -2.22. The topological polar surface area (TPSA) is 16.4 Å². The number of anilines is 3. The van der Waals surface area contributed by atoms with E-state index in [4.69, 9.17) is 4.42 Å². The highest BCUT2D eigenvalue weighted by Gasteiger charge is 2.41. The Hall–Kier alpha value is -5.64. The number of furan rings is 1. The molecule has 0 amide bonds. The van der Waals surface area contributed by atoms with Crippen molar-refractivity contribution in [1.82, 2.24) is 0 Å². The van der Waals surface area contributed by atoms with Gasteiger partial charge in [-0.25, -0.2) is 0 Å². The SMILES string of the molecule is CC1(c2cccc3oc4cc(N(c5ccccc5)c5ccc6c(c5)sc5ccccc56)ccc4c23)c2ccccc2-c2ccccc21. The van der Waals surface area contributed by atoms with Gasteiger partial charge in [0.05, 0.1) is 0 Å². The molecule has 2 heterocycles. The molecule has 47 heavy (non-hydrogen) atoms. The van der Waals surface area contributed by atoms with Crippen LogP contribution in [0.3, 0.4) is 0 Å². The summed E-state index contributed by atoms with van der Waals surface area (Å²) in [6, 6.07) is 57.1. The van der Waals surface area contributed by atoms with Gasteiger partial charge in [0.25, 0.3) is 0 Å². The zero-order chi connectivity index (χ0) is 31.1. The second kappa shape index (κ2) is 9.93. The van der Waals surface area contributed by atoms with Crippen LogP contribution in [0.25, 0.3) is 53.2 Å². The average Bonchev–Trinajstić information content (AvgIpc) is 3.77. The van der Waals surface area contributed by atoms with Gasteiger partial charge in [-0.1, -0.05) is 103 Å². The van der Waals surface area contributed by atoms with Crippen molar-refractivity contribution in [2.75, 3.05) is 4.90 Å². The molecule has 0 aliphatic heterocycles. The van der Waals surface area contributed by atoms with Crippen LogP contribution in [-0.2, 0) is 5.41 Å². The van der Waals surface area contributed by atoms with Gasteiger partial charge in [0.15, 0.2) is 0 Å². The number of benzene rings is 7. The number of rotatable bonds is 4. The summed E-state index contributed by atoms with van der Waals surface area (Å²) in [7, 11) is 0. The number of thiophene rings is 1. The summed E-state index contributed by atoms with van der Waals surface area (Å²) in [4.78, 5) is 2.34. The first-order valence-corrected chi connectivity index (χ1v) is 16.9. The standard InChI is InChI=1S/C44H29NOS/c1-44(36-17-8-5-14-31(36)32-15-6-9-18-37(32)44)38-19-11-20-39-43(38)35-25-23-29(26-40(35)46-39)45(28-12-3-2-4-13-28)30-22-24-34-33-16-7-10-21-41(33)47-42(34)27-30/h2-27H,1H3. The summed E-state index contributed by atoms with van der Waals surface area (Å²) in [5.74, 6) is 0. The zero-order valence-electron chi connectivity index (χ0n) is 25.8. The van der Waals surface area contributed by atoms with Gasteiger partial charge in [-0.05, 0) is 83.3 Å². The van der Waals surface area contributed by atoms with Gasteiger partial charge < -0.3 is 9.32 Å². The highest BCUT2D eigenvalue weighted by Crippen LogP contribution is 2.54. The molecule has 7 aromatic carbocycles. The van der Waals surface area contributed by atoms with Crippen LogP contribution in [0.4, 0.5) is 17.1 Å². The van der Waals surface area contributed by atoms with Crippen molar-refractivity contribution in [3.63, 3.8) is 0 Å². The van der Waals surface area contributed by atoms with Crippen LogP contribution in [0.1, 0.15) is 23.6 Å². The monoisotopic (exact) mass is 619 g/mol. The molecule has 0 unspecified atom stereocenters. The van der Waals surface area contributed by atoms with Crippen molar-refractivity contribution in [3.8, 4) is 11.1 Å². The van der Waals surface area contributed by atoms with Gasteiger partial charge in [0.1, 0.15) is 11.2 Å². The molecule has 222 valence electrons. The van der Waals surface area contributed by atoms with Crippen LogP contribution >= 0.6 is 11.3 Å². The van der Waals surface area contributed by atoms with Crippen molar-refractivity contribution < 1.29 is 4.42 Å². The maximum Gasteiger partial charge on any atom is 0.137 e. The zero-order valence-corrected chi connectivity index (χ0v) is 26.6. The van der Waals surface area contributed by atoms with Crippen molar-refractivity contribution >= 4 is 70.5 Å². The van der Waals surface area contributed by atoms with Crippen LogP contribution < -0.4 is 4.90 Å². The Bertz CT molecular complexity index is 2620. The summed E-state index contributed by atoms with van der Waals surface area (Å²) in [6.07, 6.45) is 0. The van der Waals surface area contributed by atoms with E-state index in [0.29, 0.717) is 0 Å². The van der Waals surface area contributed by atoms with E-state index >= 15 is 0 Å². The molecule has 1 aliphatic carbocycles. The molecule has 0 fully saturated rings. The fraction of sp³-hybridized carbons (Fsp3) is 0.0455. The van der Waals surface area contributed by atoms with Crippen LogP contribution in [0.15, 0.2) is 162 Å². The summed E-state index contributed by atoms with van der Waals surface area (Å²) < 4.78 is 9.32. The molecule has 2 nitrogen and oxygen atoms in total. The van der Waals surface area contributed by atoms with Crippen molar-refractivity contribution in [1.29, 1.82) is 0 Å².